The van der Waals surface area contributed by atoms with Crippen LogP contribution in [0.4, 0.5) is 0 Å². The van der Waals surface area contributed by atoms with Crippen molar-refractivity contribution in [2.45, 2.75) is 25.9 Å². The monoisotopic (exact) mass is 131 g/mol. The molecule has 0 saturated heterocycles. The molecule has 0 aliphatic rings. The highest BCUT2D eigenvalue weighted by Crippen LogP contribution is 1.94. The van der Waals surface area contributed by atoms with E-state index in [2.05, 4.69) is 6.92 Å². The number of hydrogen-bond acceptors (Lipinski definition) is 2. The Balaban J connectivity index is 2.88. The van der Waals surface area contributed by atoms with Crippen LogP contribution in [0.3, 0.4) is 0 Å². The summed E-state index contributed by atoms with van der Waals surface area (Å²) in [6.45, 7) is 6.58. The van der Waals surface area contributed by atoms with Crippen molar-refractivity contribution in [3.63, 3.8) is 0 Å². The van der Waals surface area contributed by atoms with Crippen LogP contribution in [0.2, 0.25) is 0 Å². The first-order valence-electron chi connectivity index (χ1n) is 3.36. The van der Waals surface area contributed by atoms with Crippen molar-refractivity contribution in [2.24, 2.45) is 0 Å². The van der Waals surface area contributed by atoms with E-state index in [1.165, 1.54) is 0 Å². The van der Waals surface area contributed by atoms with E-state index in [-0.39, 0.29) is 12.7 Å². The van der Waals surface area contributed by atoms with Crippen LogP contribution < -0.4 is 0 Å². The van der Waals surface area contributed by atoms with Crippen LogP contribution in [0.1, 0.15) is 19.8 Å². The number of rotatable bonds is 5. The van der Waals surface area contributed by atoms with Gasteiger partial charge in [0.15, 0.2) is 0 Å². The average molecular weight is 131 g/mol. The lowest BCUT2D eigenvalue weighted by molar-refractivity contribution is 0.0693. The van der Waals surface area contributed by atoms with E-state index in [0.29, 0.717) is 13.0 Å². The van der Waals surface area contributed by atoms with Crippen molar-refractivity contribution in [1.82, 2.24) is 0 Å². The van der Waals surface area contributed by atoms with E-state index in [1.54, 1.807) is 0 Å². The Morgan fingerprint density at radius 1 is 1.67 bits per heavy atom. The maximum atomic E-state index is 8.35. The second-order valence-electron chi connectivity index (χ2n) is 1.98. The molecule has 0 bridgehead atoms. The highest BCUT2D eigenvalue weighted by atomic mass is 16.5. The number of hydrogen-bond donors (Lipinski definition) is 1. The lowest BCUT2D eigenvalue weighted by Gasteiger charge is -2.08. The minimum atomic E-state index is 0.0940. The van der Waals surface area contributed by atoms with Gasteiger partial charge in [-0.2, -0.15) is 0 Å². The van der Waals surface area contributed by atoms with Crippen LogP contribution in [0, 0.1) is 6.92 Å². The number of aliphatic hydroxyl groups is 1. The first kappa shape index (κ1) is 8.92. The van der Waals surface area contributed by atoms with Gasteiger partial charge in [-0.3, -0.25) is 0 Å². The minimum absolute atomic E-state index is 0.0940. The molecule has 0 aliphatic carbocycles. The fraction of sp³-hybridized carbons (Fsp3) is 0.857. The molecule has 0 saturated carbocycles. The minimum Gasteiger partial charge on any atom is -0.396 e. The van der Waals surface area contributed by atoms with Crippen molar-refractivity contribution in [3.05, 3.63) is 6.92 Å². The average Bonchev–Trinajstić information content (AvgIpc) is 1.89. The first-order chi connectivity index (χ1) is 4.31. The van der Waals surface area contributed by atoms with Crippen LogP contribution in [0.25, 0.3) is 0 Å². The van der Waals surface area contributed by atoms with Gasteiger partial charge in [0.25, 0.3) is 0 Å². The van der Waals surface area contributed by atoms with Gasteiger partial charge in [-0.1, -0.05) is 6.92 Å². The predicted octanol–water partition coefficient (Wildman–Crippen LogP) is 0.998. The van der Waals surface area contributed by atoms with E-state index in [0.717, 1.165) is 6.42 Å². The van der Waals surface area contributed by atoms with Crippen molar-refractivity contribution >= 4 is 0 Å². The summed E-state index contributed by atoms with van der Waals surface area (Å²) in [6, 6.07) is 0. The second kappa shape index (κ2) is 6.05. The largest absolute Gasteiger partial charge is 0.396 e. The molecule has 1 unspecified atom stereocenters. The van der Waals surface area contributed by atoms with Gasteiger partial charge in [0.05, 0.1) is 6.10 Å². The Labute approximate surface area is 56.8 Å². The molecule has 0 aromatic rings. The van der Waals surface area contributed by atoms with Gasteiger partial charge < -0.3 is 9.84 Å². The predicted molar refractivity (Wildman–Crippen MR) is 37.1 cm³/mol. The quantitative estimate of drug-likeness (QED) is 0.564. The highest BCUT2D eigenvalue weighted by molar-refractivity contribution is 4.55. The van der Waals surface area contributed by atoms with Crippen LogP contribution in [-0.4, -0.2) is 24.4 Å². The lowest BCUT2D eigenvalue weighted by Crippen LogP contribution is -2.08. The fourth-order valence-corrected chi connectivity index (χ4v) is 0.432. The van der Waals surface area contributed by atoms with Crippen molar-refractivity contribution in [2.75, 3.05) is 13.2 Å². The SMILES string of the molecule is [CH2]C(CC)OCCCO. The zero-order chi connectivity index (χ0) is 7.11. The van der Waals surface area contributed by atoms with Gasteiger partial charge in [-0.05, 0) is 19.8 Å². The molecule has 0 rings (SSSR count). The Morgan fingerprint density at radius 2 is 2.33 bits per heavy atom. The van der Waals surface area contributed by atoms with Crippen LogP contribution in [0.5, 0.6) is 0 Å². The van der Waals surface area contributed by atoms with E-state index in [1.807, 2.05) is 6.92 Å². The summed E-state index contributed by atoms with van der Waals surface area (Å²) < 4.78 is 5.16. The molecule has 1 N–H and O–H groups in total. The van der Waals surface area contributed by atoms with Crippen molar-refractivity contribution < 1.29 is 9.84 Å². The molecule has 0 fully saturated rings. The Kier molecular flexibility index (Phi) is 5.99. The second-order valence-corrected chi connectivity index (χ2v) is 1.98. The van der Waals surface area contributed by atoms with E-state index >= 15 is 0 Å². The number of ether oxygens (including phenoxy) is 1. The van der Waals surface area contributed by atoms with E-state index in [9.17, 15) is 0 Å². The molecule has 0 aliphatic heterocycles. The van der Waals surface area contributed by atoms with Crippen LogP contribution >= 0.6 is 0 Å². The highest BCUT2D eigenvalue weighted by Gasteiger charge is 1.95. The zero-order valence-electron chi connectivity index (χ0n) is 5.97. The zero-order valence-corrected chi connectivity index (χ0v) is 5.97. The Morgan fingerprint density at radius 3 is 2.78 bits per heavy atom. The molecule has 0 heterocycles. The third-order valence-corrected chi connectivity index (χ3v) is 1.11. The molecule has 0 spiro atoms. The topological polar surface area (TPSA) is 29.5 Å². The van der Waals surface area contributed by atoms with E-state index < -0.39 is 0 Å². The summed E-state index contributed by atoms with van der Waals surface area (Å²) in [4.78, 5) is 0. The molecule has 1 atom stereocenters. The standard InChI is InChI=1S/C7H15O2/c1-3-7(2)9-6-4-5-8/h7-8H,2-6H2,1H3. The molecule has 0 amide bonds. The van der Waals surface area contributed by atoms with Gasteiger partial charge in [-0.15, -0.1) is 0 Å². The summed E-state index contributed by atoms with van der Waals surface area (Å²) in [5.74, 6) is 0. The van der Waals surface area contributed by atoms with Crippen molar-refractivity contribution in [1.29, 1.82) is 0 Å². The normalized spacial score (nSPS) is 13.7. The lowest BCUT2D eigenvalue weighted by atomic mass is 10.3. The van der Waals surface area contributed by atoms with Gasteiger partial charge >= 0.3 is 0 Å². The molecule has 0 aromatic carbocycles. The molecule has 55 valence electrons. The first-order valence-corrected chi connectivity index (χ1v) is 3.36. The van der Waals surface area contributed by atoms with Crippen LogP contribution in [0.15, 0.2) is 0 Å². The maximum absolute atomic E-state index is 8.35. The number of aliphatic hydroxyl groups excluding tert-OH is 1. The van der Waals surface area contributed by atoms with Crippen molar-refractivity contribution in [3.8, 4) is 0 Å². The molecule has 9 heavy (non-hydrogen) atoms. The third-order valence-electron chi connectivity index (χ3n) is 1.11. The summed E-state index contributed by atoms with van der Waals surface area (Å²) >= 11 is 0. The van der Waals surface area contributed by atoms with E-state index in [4.69, 9.17) is 9.84 Å². The van der Waals surface area contributed by atoms with Gasteiger partial charge in [0.2, 0.25) is 0 Å². The fourth-order valence-electron chi connectivity index (χ4n) is 0.432. The summed E-state index contributed by atoms with van der Waals surface area (Å²) in [7, 11) is 0. The molecular formula is C7H15O2. The summed E-state index contributed by atoms with van der Waals surface area (Å²) in [5, 5.41) is 8.35. The Hall–Kier alpha value is -0.0800. The van der Waals surface area contributed by atoms with Gasteiger partial charge in [0, 0.05) is 13.2 Å². The van der Waals surface area contributed by atoms with Gasteiger partial charge in [0.1, 0.15) is 0 Å². The smallest absolute Gasteiger partial charge is 0.0573 e. The molecule has 0 aromatic heterocycles. The van der Waals surface area contributed by atoms with Crippen LogP contribution in [-0.2, 0) is 4.74 Å². The summed E-state index contributed by atoms with van der Waals surface area (Å²) in [5.41, 5.74) is 0. The molecule has 2 nitrogen and oxygen atoms in total. The molecule has 1 radical (unpaired) electrons. The Bertz CT molecular complexity index is 54.9. The maximum Gasteiger partial charge on any atom is 0.0573 e. The summed E-state index contributed by atoms with van der Waals surface area (Å²) in [6.07, 6.45) is 1.74. The molecule has 2 heteroatoms. The third kappa shape index (κ3) is 5.80. The molecular weight excluding hydrogens is 116 g/mol. The van der Waals surface area contributed by atoms with Gasteiger partial charge in [-0.25, -0.2) is 0 Å².